The van der Waals surface area contributed by atoms with Crippen LogP contribution in [0.3, 0.4) is 0 Å². The number of amides is 4. The van der Waals surface area contributed by atoms with E-state index in [2.05, 4.69) is 21.3 Å². The van der Waals surface area contributed by atoms with Crippen LogP contribution >= 0.6 is 0 Å². The molecule has 0 spiro atoms. The average Bonchev–Trinajstić information content (AvgIpc) is 0.799. The van der Waals surface area contributed by atoms with Gasteiger partial charge in [0.05, 0.1) is 102 Å². The Morgan fingerprint density at radius 3 is 0.587 bits per heavy atom. The van der Waals surface area contributed by atoms with Crippen LogP contribution in [0.25, 0.3) is 44.5 Å². The number of unbranched alkanes of at least 4 members (excludes halogenated alkanes) is 1. The van der Waals surface area contributed by atoms with Crippen LogP contribution in [0.2, 0.25) is 0 Å². The van der Waals surface area contributed by atoms with Gasteiger partial charge in [-0.1, -0.05) is 86.1 Å². The summed E-state index contributed by atoms with van der Waals surface area (Å²) < 4.78 is 39.1. The second-order valence-corrected chi connectivity index (χ2v) is 31.4. The molecule has 35 nitrogen and oxygen atoms in total. The van der Waals surface area contributed by atoms with E-state index in [-0.39, 0.29) is 155 Å². The van der Waals surface area contributed by atoms with Gasteiger partial charge in [0.1, 0.15) is 47.7 Å². The standard InChI is InChI=1S/C108H78N4O31/c1-3-5-46-138-106(134)82-43-15-64(52-90(82)102(127)128)60-11-39-78(86(48-60)98(119)120)95(115)111-69-22-34-75(35-23-69)143-76-36-24-70(25-37-76)112-96(116)80-41-13-62(50-88(80)100(123)124)66-17-45-84(92(54-66)104(131)132)108(136)140-56-58-8-28-72(29-9-58)142-74-32-20-68(21-33-74)110-94(114)79-40-12-61(49-87(79)99(121)122)65-16-44-83(91(53-65)103(129)130)107(135)139-55-57-6-26-71(27-7-57)141-73-30-18-67(19-31-73)109-93(113)77-38-10-59(47-85(77)97(117)118)63-14-42-81(105(133)137-4-2)89(51-63)101(125)126/h6-45,47-54H,3-5,46,55-56H2,1-2H3,(H,109,113)(H,110,114)(H,111,115)(H,112,116)(H,117,118)(H,119,120)(H,121,122)(H,123,124)(H,125,126)(H,127,128)(H,129,130)(H,131,132). The third-order valence-corrected chi connectivity index (χ3v) is 21.9. The maximum Gasteiger partial charge on any atom is 0.339 e. The summed E-state index contributed by atoms with van der Waals surface area (Å²) in [7, 11) is 0. The molecule has 0 saturated carbocycles. The van der Waals surface area contributed by atoms with Crippen LogP contribution in [0.1, 0.15) is 204 Å². The van der Waals surface area contributed by atoms with E-state index < -0.39 is 123 Å². The highest BCUT2D eigenvalue weighted by atomic mass is 16.5. The minimum Gasteiger partial charge on any atom is -0.478 e. The number of anilines is 4. The van der Waals surface area contributed by atoms with E-state index in [0.717, 1.165) is 18.6 Å². The Kier molecular flexibility index (Phi) is 30.6. The summed E-state index contributed by atoms with van der Waals surface area (Å²) in [4.78, 5) is 206. The van der Waals surface area contributed by atoms with E-state index in [1.807, 2.05) is 6.92 Å². The fourth-order valence-corrected chi connectivity index (χ4v) is 14.7. The van der Waals surface area contributed by atoms with Crippen LogP contribution in [0, 0.1) is 0 Å². The monoisotopic (exact) mass is 1930 g/mol. The highest BCUT2D eigenvalue weighted by molar-refractivity contribution is 6.16. The Hall–Kier alpha value is -20.0. The van der Waals surface area contributed by atoms with Crippen molar-refractivity contribution in [3.63, 3.8) is 0 Å². The molecule has 35 heteroatoms. The number of rotatable bonds is 38. The third-order valence-electron chi connectivity index (χ3n) is 21.9. The maximum atomic E-state index is 13.7. The number of nitrogens with one attached hydrogen (secondary N) is 4. The summed E-state index contributed by atoms with van der Waals surface area (Å²) in [6.45, 7) is 2.95. The topological polar surface area (TPSA) is 548 Å². The predicted molar refractivity (Wildman–Crippen MR) is 513 cm³/mol. The lowest BCUT2D eigenvalue weighted by Gasteiger charge is -2.13. The molecule has 14 aromatic rings. The van der Waals surface area contributed by atoms with Gasteiger partial charge in [-0.2, -0.15) is 0 Å². The molecule has 0 aliphatic carbocycles. The number of hydrogen-bond acceptors (Lipinski definition) is 23. The summed E-state index contributed by atoms with van der Waals surface area (Å²) in [5.74, 6) is -16.7. The maximum absolute atomic E-state index is 13.7. The van der Waals surface area contributed by atoms with Crippen molar-refractivity contribution in [3.8, 4) is 79.0 Å². The fourth-order valence-electron chi connectivity index (χ4n) is 14.7. The fraction of sp³-hybridized carbons (Fsp3) is 0.0741. The zero-order valence-electron chi connectivity index (χ0n) is 74.9. The molecule has 0 radical (unpaired) electrons. The van der Waals surface area contributed by atoms with Gasteiger partial charge in [-0.3, -0.25) is 19.2 Å². The second-order valence-electron chi connectivity index (χ2n) is 31.4. The highest BCUT2D eigenvalue weighted by Crippen LogP contribution is 2.36. The van der Waals surface area contributed by atoms with Gasteiger partial charge in [-0.15, -0.1) is 0 Å². The molecule has 0 fully saturated rings. The van der Waals surface area contributed by atoms with Crippen molar-refractivity contribution in [3.05, 3.63) is 391 Å². The van der Waals surface area contributed by atoms with Gasteiger partial charge in [0.2, 0.25) is 0 Å². The molecule has 0 saturated heterocycles. The first-order valence-corrected chi connectivity index (χ1v) is 43.2. The molecule has 14 aromatic carbocycles. The molecule has 12 N–H and O–H groups in total. The van der Waals surface area contributed by atoms with Gasteiger partial charge in [-0.25, -0.2) is 57.5 Å². The number of carbonyl (C=O) groups is 16. The summed E-state index contributed by atoms with van der Waals surface area (Å²) in [5.41, 5.74) is -1.61. The summed E-state index contributed by atoms with van der Waals surface area (Å²) >= 11 is 0. The number of carboxylic acid groups (broad SMARTS) is 8. The lowest BCUT2D eigenvalue weighted by molar-refractivity contribution is 0.0458. The summed E-state index contributed by atoms with van der Waals surface area (Å²) in [6, 6.07) is 67.4. The lowest BCUT2D eigenvalue weighted by Crippen LogP contribution is -2.16. The first-order valence-electron chi connectivity index (χ1n) is 43.2. The number of hydrogen-bond donors (Lipinski definition) is 12. The van der Waals surface area contributed by atoms with Crippen molar-refractivity contribution in [1.29, 1.82) is 0 Å². The van der Waals surface area contributed by atoms with E-state index in [4.69, 9.17) is 33.2 Å². The van der Waals surface area contributed by atoms with Gasteiger partial charge < -0.3 is 95.3 Å². The van der Waals surface area contributed by atoms with E-state index in [1.54, 1.807) is 55.5 Å². The molecule has 143 heavy (non-hydrogen) atoms. The van der Waals surface area contributed by atoms with Crippen LogP contribution in [0.5, 0.6) is 34.5 Å². The summed E-state index contributed by atoms with van der Waals surface area (Å²) in [6.07, 6.45) is 1.33. The number of carboxylic acids is 8. The smallest absolute Gasteiger partial charge is 0.339 e. The Morgan fingerprint density at radius 2 is 0.392 bits per heavy atom. The minimum absolute atomic E-state index is 0.0106. The molecule has 0 bridgehead atoms. The van der Waals surface area contributed by atoms with Gasteiger partial charge in [0.15, 0.2) is 0 Å². The zero-order valence-corrected chi connectivity index (χ0v) is 74.9. The molecule has 0 aliphatic heterocycles. The van der Waals surface area contributed by atoms with Crippen molar-refractivity contribution in [2.75, 3.05) is 34.5 Å². The average molecular weight is 1930 g/mol. The molecule has 0 atom stereocenters. The Morgan fingerprint density at radius 1 is 0.210 bits per heavy atom. The van der Waals surface area contributed by atoms with Gasteiger partial charge in [-0.05, 0) is 287 Å². The van der Waals surface area contributed by atoms with Crippen molar-refractivity contribution >= 4 is 118 Å². The highest BCUT2D eigenvalue weighted by Gasteiger charge is 2.30. The van der Waals surface area contributed by atoms with Gasteiger partial charge in [0.25, 0.3) is 23.6 Å². The van der Waals surface area contributed by atoms with E-state index >= 15 is 0 Å². The first-order chi connectivity index (χ1) is 68.6. The molecular weight excluding hydrogens is 1850 g/mol. The van der Waals surface area contributed by atoms with Gasteiger partial charge in [0, 0.05) is 22.7 Å². The number of carbonyl (C=O) groups excluding carboxylic acids is 8. The van der Waals surface area contributed by atoms with Gasteiger partial charge >= 0.3 is 71.6 Å². The van der Waals surface area contributed by atoms with E-state index in [0.29, 0.717) is 52.0 Å². The minimum atomic E-state index is -1.51. The number of esters is 4. The molecule has 0 unspecified atom stereocenters. The van der Waals surface area contributed by atoms with Crippen molar-refractivity contribution in [2.24, 2.45) is 0 Å². The van der Waals surface area contributed by atoms with E-state index in [1.165, 1.54) is 231 Å². The Bertz CT molecular complexity index is 7480. The predicted octanol–water partition coefficient (Wildman–Crippen LogP) is 20.2. The molecule has 14 rings (SSSR count). The molecule has 0 aromatic heterocycles. The second kappa shape index (κ2) is 44.2. The van der Waals surface area contributed by atoms with Crippen molar-refractivity contribution < 1.29 is 151 Å². The normalized spacial score (nSPS) is 10.7. The molecule has 716 valence electrons. The quantitative estimate of drug-likeness (QED) is 0.00971. The SMILES string of the molecule is CCCCOC(=O)c1ccc(-c2ccc(C(=O)Nc3ccc(Oc4ccc(NC(=O)c5ccc(-c6ccc(C(=O)OCc7ccc(Oc8ccc(NC(=O)c9ccc(-c%10ccc(C(=O)OCc%11ccc(Oc%12ccc(NC(=O)c%13ccc(-c%14ccc(C(=O)OCC)c(C(=O)O)c%14)cc%13C(=O)O)cc%12)cc%11)c(C(=O)O)c%10)cc9C(=O)O)cc8)cc7)c(C(=O)O)c6)cc5C(=O)O)cc4)cc3)c(C(=O)O)c2)cc1C(=O)O. The Balaban J connectivity index is 0.522. The number of ether oxygens (including phenoxy) is 7. The van der Waals surface area contributed by atoms with E-state index in [9.17, 15) is 118 Å². The summed E-state index contributed by atoms with van der Waals surface area (Å²) in [5, 5.41) is 91.7. The van der Waals surface area contributed by atoms with Crippen molar-refractivity contribution in [2.45, 2.75) is 39.9 Å². The first kappa shape index (κ1) is 99.0. The number of aromatic carboxylic acids is 8. The lowest BCUT2D eigenvalue weighted by atomic mass is 9.95. The largest absolute Gasteiger partial charge is 0.478 e. The Labute approximate surface area is 809 Å². The number of benzene rings is 14. The molecule has 4 amide bonds. The van der Waals surface area contributed by atoms with Crippen molar-refractivity contribution in [1.82, 2.24) is 0 Å². The van der Waals surface area contributed by atoms with Crippen LogP contribution in [-0.4, -0.2) is 149 Å². The molecular formula is C108H78N4O31. The van der Waals surface area contributed by atoms with Crippen LogP contribution in [0.4, 0.5) is 22.7 Å². The van der Waals surface area contributed by atoms with Crippen LogP contribution < -0.4 is 35.5 Å². The third kappa shape index (κ3) is 24.1. The molecule has 0 heterocycles. The zero-order chi connectivity index (χ0) is 102. The molecule has 0 aliphatic rings. The van der Waals surface area contributed by atoms with Crippen LogP contribution in [0.15, 0.2) is 291 Å². The van der Waals surface area contributed by atoms with Crippen LogP contribution in [-0.2, 0) is 32.2 Å².